The van der Waals surface area contributed by atoms with Crippen LogP contribution in [0, 0.1) is 5.92 Å². The van der Waals surface area contributed by atoms with Gasteiger partial charge < -0.3 is 15.0 Å². The van der Waals surface area contributed by atoms with Crippen LogP contribution in [0.4, 0.5) is 0 Å². The fraction of sp³-hybridized carbons (Fsp3) is 0.917. The number of ether oxygens (including phenoxy) is 1. The van der Waals surface area contributed by atoms with Crippen LogP contribution in [0.3, 0.4) is 0 Å². The molecule has 0 bridgehead atoms. The lowest BCUT2D eigenvalue weighted by Gasteiger charge is -2.32. The zero-order valence-corrected chi connectivity index (χ0v) is 10.7. The molecule has 1 N–H and O–H groups in total. The van der Waals surface area contributed by atoms with Crippen LogP contribution in [-0.4, -0.2) is 49.7 Å². The number of carbonyl (C=O) groups excluding carboxylic acids is 1. The van der Waals surface area contributed by atoms with E-state index in [1.165, 1.54) is 0 Å². The van der Waals surface area contributed by atoms with Crippen LogP contribution in [0.1, 0.15) is 27.2 Å². The van der Waals surface area contributed by atoms with E-state index < -0.39 is 0 Å². The van der Waals surface area contributed by atoms with Crippen molar-refractivity contribution in [2.24, 2.45) is 5.92 Å². The van der Waals surface area contributed by atoms with Gasteiger partial charge in [-0.2, -0.15) is 0 Å². The topological polar surface area (TPSA) is 41.6 Å². The number of nitrogens with one attached hydrogen (secondary N) is 1. The highest BCUT2D eigenvalue weighted by atomic mass is 16.5. The monoisotopic (exact) mass is 228 g/mol. The molecule has 16 heavy (non-hydrogen) atoms. The summed E-state index contributed by atoms with van der Waals surface area (Å²) >= 11 is 0. The predicted molar refractivity (Wildman–Crippen MR) is 64.3 cm³/mol. The average molecular weight is 228 g/mol. The van der Waals surface area contributed by atoms with Crippen molar-refractivity contribution in [3.63, 3.8) is 0 Å². The number of morpholine rings is 1. The maximum Gasteiger partial charge on any atom is 0.248 e. The SMILES string of the molecule is CCCNC(CN1CCOCC1=O)C(C)C. The number of hydrogen-bond acceptors (Lipinski definition) is 3. The second-order valence-electron chi connectivity index (χ2n) is 4.70. The summed E-state index contributed by atoms with van der Waals surface area (Å²) in [7, 11) is 0. The molecule has 4 nitrogen and oxygen atoms in total. The molecular formula is C12H24N2O2. The van der Waals surface area contributed by atoms with Crippen molar-refractivity contribution in [3.05, 3.63) is 0 Å². The average Bonchev–Trinajstić information content (AvgIpc) is 2.26. The summed E-state index contributed by atoms with van der Waals surface area (Å²) < 4.78 is 5.12. The summed E-state index contributed by atoms with van der Waals surface area (Å²) in [6, 6.07) is 0.391. The lowest BCUT2D eigenvalue weighted by atomic mass is 10.0. The first-order valence-corrected chi connectivity index (χ1v) is 6.24. The molecule has 1 rings (SSSR count). The van der Waals surface area contributed by atoms with E-state index in [-0.39, 0.29) is 12.5 Å². The molecule has 1 unspecified atom stereocenters. The third-order valence-corrected chi connectivity index (χ3v) is 2.96. The van der Waals surface area contributed by atoms with E-state index in [4.69, 9.17) is 4.74 Å². The van der Waals surface area contributed by atoms with E-state index in [0.717, 1.165) is 26.1 Å². The standard InChI is InChI=1S/C12H24N2O2/c1-4-5-13-11(10(2)3)8-14-6-7-16-9-12(14)15/h10-11,13H,4-9H2,1-3H3. The number of carbonyl (C=O) groups is 1. The van der Waals surface area contributed by atoms with Gasteiger partial charge in [-0.3, -0.25) is 4.79 Å². The van der Waals surface area contributed by atoms with Crippen molar-refractivity contribution >= 4 is 5.91 Å². The largest absolute Gasteiger partial charge is 0.370 e. The van der Waals surface area contributed by atoms with E-state index in [9.17, 15) is 4.79 Å². The van der Waals surface area contributed by atoms with Crippen LogP contribution in [0.25, 0.3) is 0 Å². The molecule has 0 radical (unpaired) electrons. The summed E-state index contributed by atoms with van der Waals surface area (Å²) in [5, 5.41) is 3.50. The zero-order valence-electron chi connectivity index (χ0n) is 10.7. The fourth-order valence-electron chi connectivity index (χ4n) is 1.82. The lowest BCUT2D eigenvalue weighted by Crippen LogP contribution is -2.50. The van der Waals surface area contributed by atoms with Gasteiger partial charge in [0.1, 0.15) is 6.61 Å². The van der Waals surface area contributed by atoms with Gasteiger partial charge in [0.25, 0.3) is 0 Å². The molecule has 0 aromatic carbocycles. The van der Waals surface area contributed by atoms with Crippen molar-refractivity contribution in [1.29, 1.82) is 0 Å². The summed E-state index contributed by atoms with van der Waals surface area (Å²) in [5.74, 6) is 0.664. The molecule has 4 heteroatoms. The number of rotatable bonds is 6. The minimum absolute atomic E-state index is 0.121. The first kappa shape index (κ1) is 13.5. The van der Waals surface area contributed by atoms with E-state index in [0.29, 0.717) is 18.6 Å². The minimum atomic E-state index is 0.121. The highest BCUT2D eigenvalue weighted by molar-refractivity contribution is 5.78. The van der Waals surface area contributed by atoms with Crippen molar-refractivity contribution in [2.75, 3.05) is 32.8 Å². The Morgan fingerprint density at radius 2 is 2.25 bits per heavy atom. The van der Waals surface area contributed by atoms with Gasteiger partial charge in [0.15, 0.2) is 0 Å². The third-order valence-electron chi connectivity index (χ3n) is 2.96. The Balaban J connectivity index is 2.42. The molecule has 0 aromatic heterocycles. The van der Waals surface area contributed by atoms with Gasteiger partial charge in [-0.05, 0) is 18.9 Å². The van der Waals surface area contributed by atoms with E-state index in [1.54, 1.807) is 0 Å². The smallest absolute Gasteiger partial charge is 0.248 e. The van der Waals surface area contributed by atoms with E-state index in [2.05, 4.69) is 26.1 Å². The Labute approximate surface area is 98.3 Å². The molecular weight excluding hydrogens is 204 g/mol. The quantitative estimate of drug-likeness (QED) is 0.733. The Morgan fingerprint density at radius 1 is 1.50 bits per heavy atom. The predicted octanol–water partition coefficient (Wildman–Crippen LogP) is 0.869. The van der Waals surface area contributed by atoms with Crippen LogP contribution >= 0.6 is 0 Å². The van der Waals surface area contributed by atoms with E-state index in [1.807, 2.05) is 4.90 Å². The maximum atomic E-state index is 11.6. The molecule has 1 atom stereocenters. The number of amides is 1. The summed E-state index contributed by atoms with van der Waals surface area (Å²) in [6.07, 6.45) is 1.13. The Kier molecular flexibility index (Phi) is 5.77. The zero-order chi connectivity index (χ0) is 12.0. The molecule has 1 aliphatic rings. The van der Waals surface area contributed by atoms with Crippen LogP contribution < -0.4 is 5.32 Å². The van der Waals surface area contributed by atoms with Crippen molar-refractivity contribution in [2.45, 2.75) is 33.2 Å². The first-order valence-electron chi connectivity index (χ1n) is 6.24. The van der Waals surface area contributed by atoms with Crippen LogP contribution in [0.2, 0.25) is 0 Å². The van der Waals surface area contributed by atoms with Gasteiger partial charge >= 0.3 is 0 Å². The molecule has 0 aliphatic carbocycles. The molecule has 1 aliphatic heterocycles. The van der Waals surface area contributed by atoms with Gasteiger partial charge in [0.2, 0.25) is 5.91 Å². The Hall–Kier alpha value is -0.610. The second kappa shape index (κ2) is 6.86. The van der Waals surface area contributed by atoms with Crippen LogP contribution in [0.15, 0.2) is 0 Å². The maximum absolute atomic E-state index is 11.6. The van der Waals surface area contributed by atoms with Gasteiger partial charge in [-0.15, -0.1) is 0 Å². The van der Waals surface area contributed by atoms with Gasteiger partial charge in [0.05, 0.1) is 6.61 Å². The Morgan fingerprint density at radius 3 is 2.81 bits per heavy atom. The highest BCUT2D eigenvalue weighted by Gasteiger charge is 2.23. The number of nitrogens with zero attached hydrogens (tertiary/aromatic N) is 1. The molecule has 0 saturated carbocycles. The minimum Gasteiger partial charge on any atom is -0.370 e. The Bertz CT molecular complexity index is 219. The highest BCUT2D eigenvalue weighted by Crippen LogP contribution is 2.07. The van der Waals surface area contributed by atoms with Gasteiger partial charge in [0, 0.05) is 19.1 Å². The van der Waals surface area contributed by atoms with Gasteiger partial charge in [-0.25, -0.2) is 0 Å². The molecule has 1 amide bonds. The molecule has 0 spiro atoms. The fourth-order valence-corrected chi connectivity index (χ4v) is 1.82. The summed E-state index contributed by atoms with van der Waals surface area (Å²) in [5.41, 5.74) is 0. The molecule has 1 saturated heterocycles. The van der Waals surface area contributed by atoms with Crippen LogP contribution in [-0.2, 0) is 9.53 Å². The van der Waals surface area contributed by atoms with Crippen molar-refractivity contribution in [1.82, 2.24) is 10.2 Å². The molecule has 1 fully saturated rings. The molecule has 0 aromatic rings. The third kappa shape index (κ3) is 4.10. The van der Waals surface area contributed by atoms with Gasteiger partial charge in [-0.1, -0.05) is 20.8 Å². The first-order chi connectivity index (χ1) is 7.65. The summed E-state index contributed by atoms with van der Waals surface area (Å²) in [6.45, 7) is 10.0. The van der Waals surface area contributed by atoms with Crippen LogP contribution in [0.5, 0.6) is 0 Å². The normalized spacial score (nSPS) is 19.2. The second-order valence-corrected chi connectivity index (χ2v) is 4.70. The summed E-state index contributed by atoms with van der Waals surface area (Å²) in [4.78, 5) is 13.5. The van der Waals surface area contributed by atoms with E-state index >= 15 is 0 Å². The van der Waals surface area contributed by atoms with Crippen molar-refractivity contribution in [3.8, 4) is 0 Å². The molecule has 1 heterocycles. The van der Waals surface area contributed by atoms with Crippen molar-refractivity contribution < 1.29 is 9.53 Å². The molecule has 94 valence electrons. The number of hydrogen-bond donors (Lipinski definition) is 1. The lowest BCUT2D eigenvalue weighted by molar-refractivity contribution is -0.143.